The molecule has 1 fully saturated rings. The highest BCUT2D eigenvalue weighted by Crippen LogP contribution is 2.27. The van der Waals surface area contributed by atoms with Gasteiger partial charge in [0.25, 0.3) is 0 Å². The normalized spacial score (nSPS) is 24.3. The van der Waals surface area contributed by atoms with Crippen molar-refractivity contribution in [2.75, 3.05) is 18.8 Å². The van der Waals surface area contributed by atoms with Crippen LogP contribution in [0.5, 0.6) is 0 Å². The minimum Gasteiger partial charge on any atom is -0.478 e. The van der Waals surface area contributed by atoms with Crippen LogP contribution in [0.2, 0.25) is 0 Å². The van der Waals surface area contributed by atoms with Gasteiger partial charge in [0.05, 0.1) is 5.56 Å². The zero-order valence-electron chi connectivity index (χ0n) is 11.3. The Kier molecular flexibility index (Phi) is 4.37. The molecule has 0 saturated carbocycles. The highest BCUT2D eigenvalue weighted by molar-refractivity contribution is 8.00. The molecule has 1 aliphatic rings. The summed E-state index contributed by atoms with van der Waals surface area (Å²) in [4.78, 5) is 13.6. The molecule has 2 rings (SSSR count). The van der Waals surface area contributed by atoms with Gasteiger partial charge in [-0.2, -0.15) is 11.8 Å². The first kappa shape index (κ1) is 14.2. The Balaban J connectivity index is 2.19. The molecular weight excluding hydrogens is 260 g/mol. The average Bonchev–Trinajstić information content (AvgIpc) is 2.26. The lowest BCUT2D eigenvalue weighted by Gasteiger charge is -2.34. The average molecular weight is 280 g/mol. The molecular formula is C14H20N2O2S. The second kappa shape index (κ2) is 5.84. The first-order valence-electron chi connectivity index (χ1n) is 6.46. The Morgan fingerprint density at radius 1 is 1.42 bits per heavy atom. The molecule has 0 aromatic heterocycles. The molecule has 1 aromatic rings. The lowest BCUT2D eigenvalue weighted by atomic mass is 10.0. The van der Waals surface area contributed by atoms with E-state index < -0.39 is 5.97 Å². The summed E-state index contributed by atoms with van der Waals surface area (Å²) in [7, 11) is 0. The van der Waals surface area contributed by atoms with Crippen LogP contribution in [-0.4, -0.2) is 39.6 Å². The molecule has 2 unspecified atom stereocenters. The summed E-state index contributed by atoms with van der Waals surface area (Å²) in [6.45, 7) is 7.06. The third kappa shape index (κ3) is 3.42. The Morgan fingerprint density at radius 2 is 2.05 bits per heavy atom. The topological polar surface area (TPSA) is 66.6 Å². The Bertz CT molecular complexity index is 469. The minimum atomic E-state index is -0.944. The van der Waals surface area contributed by atoms with Crippen molar-refractivity contribution in [2.24, 2.45) is 0 Å². The van der Waals surface area contributed by atoms with E-state index in [0.29, 0.717) is 22.7 Å². The van der Waals surface area contributed by atoms with Crippen LogP contribution < -0.4 is 5.73 Å². The molecule has 0 bridgehead atoms. The number of nitrogens with two attached hydrogens (primary N) is 1. The molecule has 19 heavy (non-hydrogen) atoms. The minimum absolute atomic E-state index is 0.251. The molecule has 4 nitrogen and oxygen atoms in total. The summed E-state index contributed by atoms with van der Waals surface area (Å²) in [5, 5.41) is 10.4. The van der Waals surface area contributed by atoms with Gasteiger partial charge in [-0.25, -0.2) is 4.79 Å². The van der Waals surface area contributed by atoms with Crippen molar-refractivity contribution < 1.29 is 9.90 Å². The maximum absolute atomic E-state index is 11.3. The summed E-state index contributed by atoms with van der Waals surface area (Å²) < 4.78 is 0. The molecule has 0 amide bonds. The molecule has 0 spiro atoms. The fraction of sp³-hybridized carbons (Fsp3) is 0.500. The molecule has 0 radical (unpaired) electrons. The number of thioether (sulfide) groups is 1. The molecule has 1 aromatic carbocycles. The predicted octanol–water partition coefficient (Wildman–Crippen LogP) is 2.29. The molecule has 5 heteroatoms. The fourth-order valence-electron chi connectivity index (χ4n) is 2.67. The summed E-state index contributed by atoms with van der Waals surface area (Å²) in [5.41, 5.74) is 7.18. The van der Waals surface area contributed by atoms with Crippen LogP contribution in [0.4, 0.5) is 5.69 Å². The molecule has 2 atom stereocenters. The first-order chi connectivity index (χ1) is 8.97. The van der Waals surface area contributed by atoms with E-state index in [9.17, 15) is 9.90 Å². The number of hydrogen-bond donors (Lipinski definition) is 2. The predicted molar refractivity (Wildman–Crippen MR) is 79.6 cm³/mol. The van der Waals surface area contributed by atoms with E-state index in [-0.39, 0.29) is 5.56 Å². The fourth-order valence-corrected chi connectivity index (χ4v) is 4.05. The van der Waals surface area contributed by atoms with Crippen LogP contribution in [0.3, 0.4) is 0 Å². The molecule has 104 valence electrons. The SMILES string of the molecule is CC1CN(Cc2cccc(N)c2C(=O)O)CC(C)S1. The van der Waals surface area contributed by atoms with Crippen LogP contribution in [0.1, 0.15) is 29.8 Å². The Hall–Kier alpha value is -1.20. The number of benzene rings is 1. The van der Waals surface area contributed by atoms with Gasteiger partial charge in [0.15, 0.2) is 0 Å². The summed E-state index contributed by atoms with van der Waals surface area (Å²) in [5.74, 6) is -0.944. The number of nitrogen functional groups attached to an aromatic ring is 1. The van der Waals surface area contributed by atoms with Gasteiger partial charge in [0.2, 0.25) is 0 Å². The first-order valence-corrected chi connectivity index (χ1v) is 7.40. The summed E-state index contributed by atoms with van der Waals surface area (Å²) >= 11 is 1.99. The van der Waals surface area contributed by atoms with E-state index in [1.165, 1.54) is 0 Å². The lowest BCUT2D eigenvalue weighted by molar-refractivity contribution is 0.0695. The van der Waals surface area contributed by atoms with Crippen molar-refractivity contribution in [2.45, 2.75) is 30.9 Å². The smallest absolute Gasteiger partial charge is 0.338 e. The van der Waals surface area contributed by atoms with Crippen molar-refractivity contribution in [3.05, 3.63) is 29.3 Å². The Morgan fingerprint density at radius 3 is 2.63 bits per heavy atom. The highest BCUT2D eigenvalue weighted by Gasteiger charge is 2.24. The van der Waals surface area contributed by atoms with Crippen molar-refractivity contribution in [1.82, 2.24) is 4.90 Å². The quantitative estimate of drug-likeness (QED) is 0.832. The van der Waals surface area contributed by atoms with Crippen LogP contribution in [0.25, 0.3) is 0 Å². The zero-order valence-corrected chi connectivity index (χ0v) is 12.1. The Labute approximate surface area is 118 Å². The molecule has 1 heterocycles. The van der Waals surface area contributed by atoms with Gasteiger partial charge in [0.1, 0.15) is 0 Å². The van der Waals surface area contributed by atoms with E-state index in [1.54, 1.807) is 6.07 Å². The van der Waals surface area contributed by atoms with Gasteiger partial charge in [0, 0.05) is 35.8 Å². The molecule has 1 aliphatic heterocycles. The zero-order chi connectivity index (χ0) is 14.0. The largest absolute Gasteiger partial charge is 0.478 e. The maximum atomic E-state index is 11.3. The van der Waals surface area contributed by atoms with Gasteiger partial charge in [-0.15, -0.1) is 0 Å². The molecule has 0 aliphatic carbocycles. The maximum Gasteiger partial charge on any atom is 0.338 e. The monoisotopic (exact) mass is 280 g/mol. The highest BCUT2D eigenvalue weighted by atomic mass is 32.2. The van der Waals surface area contributed by atoms with Crippen molar-refractivity contribution in [3.63, 3.8) is 0 Å². The van der Waals surface area contributed by atoms with Gasteiger partial charge < -0.3 is 10.8 Å². The summed E-state index contributed by atoms with van der Waals surface area (Å²) in [6.07, 6.45) is 0. The lowest BCUT2D eigenvalue weighted by Crippen LogP contribution is -2.40. The van der Waals surface area contributed by atoms with E-state index >= 15 is 0 Å². The van der Waals surface area contributed by atoms with Crippen LogP contribution in [0.15, 0.2) is 18.2 Å². The number of aromatic carboxylic acids is 1. The number of nitrogens with zero attached hydrogens (tertiary/aromatic N) is 1. The standard InChI is InChI=1S/C14H20N2O2S/c1-9-6-16(7-10(2)19-9)8-11-4-3-5-12(15)13(11)14(17)18/h3-5,9-10H,6-8,15H2,1-2H3,(H,17,18). The summed E-state index contributed by atoms with van der Waals surface area (Å²) in [6, 6.07) is 5.32. The number of carboxylic acids is 1. The van der Waals surface area contributed by atoms with E-state index in [0.717, 1.165) is 18.7 Å². The van der Waals surface area contributed by atoms with Gasteiger partial charge in [-0.1, -0.05) is 26.0 Å². The second-order valence-corrected chi connectivity index (χ2v) is 7.02. The third-order valence-electron chi connectivity index (χ3n) is 3.29. The van der Waals surface area contributed by atoms with E-state index in [1.807, 2.05) is 23.9 Å². The number of anilines is 1. The van der Waals surface area contributed by atoms with Crippen molar-refractivity contribution in [3.8, 4) is 0 Å². The molecule has 3 N–H and O–H groups in total. The number of hydrogen-bond acceptors (Lipinski definition) is 4. The van der Waals surface area contributed by atoms with Gasteiger partial charge in [-0.3, -0.25) is 4.90 Å². The van der Waals surface area contributed by atoms with Gasteiger partial charge >= 0.3 is 5.97 Å². The van der Waals surface area contributed by atoms with E-state index in [2.05, 4.69) is 18.7 Å². The van der Waals surface area contributed by atoms with Crippen LogP contribution in [-0.2, 0) is 6.54 Å². The van der Waals surface area contributed by atoms with Crippen LogP contribution >= 0.6 is 11.8 Å². The molecule has 1 saturated heterocycles. The van der Waals surface area contributed by atoms with Crippen molar-refractivity contribution >= 4 is 23.4 Å². The number of carbonyl (C=O) groups is 1. The van der Waals surface area contributed by atoms with Gasteiger partial charge in [-0.05, 0) is 11.6 Å². The number of rotatable bonds is 3. The second-order valence-electron chi connectivity index (χ2n) is 5.14. The van der Waals surface area contributed by atoms with Crippen LogP contribution in [0, 0.1) is 0 Å². The third-order valence-corrected chi connectivity index (χ3v) is 4.51. The van der Waals surface area contributed by atoms with E-state index in [4.69, 9.17) is 5.73 Å². The number of carboxylic acid groups (broad SMARTS) is 1. The van der Waals surface area contributed by atoms with Crippen molar-refractivity contribution in [1.29, 1.82) is 0 Å².